The van der Waals surface area contributed by atoms with E-state index in [0.29, 0.717) is 0 Å². The Morgan fingerprint density at radius 2 is 2.40 bits per heavy atom. The van der Waals surface area contributed by atoms with E-state index in [1.165, 1.54) is 17.8 Å². The lowest BCUT2D eigenvalue weighted by Crippen LogP contribution is -2.18. The summed E-state index contributed by atoms with van der Waals surface area (Å²) in [6.45, 7) is 2.29. The van der Waals surface area contributed by atoms with Crippen LogP contribution in [0.2, 0.25) is 0 Å². The fourth-order valence-corrected chi connectivity index (χ4v) is 2.14. The van der Waals surface area contributed by atoms with Gasteiger partial charge < -0.3 is 0 Å². The van der Waals surface area contributed by atoms with Crippen LogP contribution in [0.3, 0.4) is 0 Å². The first-order valence-corrected chi connectivity index (χ1v) is 4.50. The molecule has 1 saturated carbocycles. The van der Waals surface area contributed by atoms with Gasteiger partial charge in [0, 0.05) is 5.92 Å². The molecule has 1 aliphatic rings. The molecule has 54 valence electrons. The smallest absolute Gasteiger partial charge is 0.120 e. The van der Waals surface area contributed by atoms with Crippen molar-refractivity contribution < 1.29 is 0 Å². The van der Waals surface area contributed by atoms with Crippen LogP contribution in [0.1, 0.15) is 30.7 Å². The van der Waals surface area contributed by atoms with Crippen molar-refractivity contribution in [2.24, 2.45) is 5.92 Å². The number of nitrogens with zero attached hydrogens (tertiary/aromatic N) is 2. The molecular weight excluding hydrogens is 144 g/mol. The predicted molar refractivity (Wildman–Crippen MR) is 41.0 cm³/mol. The van der Waals surface area contributed by atoms with Gasteiger partial charge in [0.15, 0.2) is 0 Å². The summed E-state index contributed by atoms with van der Waals surface area (Å²) in [5.41, 5.74) is 1.82. The van der Waals surface area contributed by atoms with Crippen LogP contribution in [0.25, 0.3) is 0 Å². The summed E-state index contributed by atoms with van der Waals surface area (Å²) in [7, 11) is 0. The lowest BCUT2D eigenvalue weighted by molar-refractivity contribution is 0.287. The normalized spacial score (nSPS) is 31.7. The van der Waals surface area contributed by atoms with Gasteiger partial charge >= 0.3 is 0 Å². The summed E-state index contributed by atoms with van der Waals surface area (Å²) in [5.74, 6) is 1.65. The quantitative estimate of drug-likeness (QED) is 0.618. The van der Waals surface area contributed by atoms with E-state index in [9.17, 15) is 0 Å². The third-order valence-electron chi connectivity index (χ3n) is 2.10. The van der Waals surface area contributed by atoms with E-state index < -0.39 is 0 Å². The van der Waals surface area contributed by atoms with Gasteiger partial charge in [-0.25, -0.2) is 0 Å². The molecule has 0 unspecified atom stereocenters. The highest BCUT2D eigenvalue weighted by atomic mass is 32.1. The summed E-state index contributed by atoms with van der Waals surface area (Å²) in [6, 6.07) is 0. The SMILES string of the molecule is CC1CC(c2nncs2)C1. The van der Waals surface area contributed by atoms with E-state index in [1.807, 2.05) is 5.51 Å². The molecule has 2 nitrogen and oxygen atoms in total. The molecule has 10 heavy (non-hydrogen) atoms. The van der Waals surface area contributed by atoms with Gasteiger partial charge in [-0.05, 0) is 18.8 Å². The van der Waals surface area contributed by atoms with Crippen LogP contribution in [0.5, 0.6) is 0 Å². The highest BCUT2D eigenvalue weighted by Crippen LogP contribution is 2.41. The molecule has 2 rings (SSSR count). The molecule has 0 spiro atoms. The van der Waals surface area contributed by atoms with Gasteiger partial charge in [-0.15, -0.1) is 21.5 Å². The zero-order valence-corrected chi connectivity index (χ0v) is 6.77. The molecule has 1 fully saturated rings. The van der Waals surface area contributed by atoms with Crippen molar-refractivity contribution in [3.63, 3.8) is 0 Å². The first-order valence-electron chi connectivity index (χ1n) is 3.62. The van der Waals surface area contributed by atoms with Crippen molar-refractivity contribution in [1.29, 1.82) is 0 Å². The van der Waals surface area contributed by atoms with Gasteiger partial charge in [-0.1, -0.05) is 6.92 Å². The minimum absolute atomic E-state index is 0.738. The standard InChI is InChI=1S/C7H10N2S/c1-5-2-6(3-5)7-9-8-4-10-7/h4-6H,2-3H2,1H3. The molecule has 1 aromatic rings. The fraction of sp³-hybridized carbons (Fsp3) is 0.714. The van der Waals surface area contributed by atoms with E-state index in [-0.39, 0.29) is 0 Å². The van der Waals surface area contributed by atoms with E-state index in [2.05, 4.69) is 17.1 Å². The van der Waals surface area contributed by atoms with Crippen LogP contribution in [-0.2, 0) is 0 Å². The second kappa shape index (κ2) is 2.31. The number of rotatable bonds is 1. The van der Waals surface area contributed by atoms with Crippen LogP contribution in [-0.4, -0.2) is 10.2 Å². The third-order valence-corrected chi connectivity index (χ3v) is 2.96. The topological polar surface area (TPSA) is 25.8 Å². The Hall–Kier alpha value is -0.440. The van der Waals surface area contributed by atoms with Crippen molar-refractivity contribution in [3.8, 4) is 0 Å². The minimum atomic E-state index is 0.738. The summed E-state index contributed by atoms with van der Waals surface area (Å²) in [5, 5.41) is 9.09. The third kappa shape index (κ3) is 0.944. The van der Waals surface area contributed by atoms with Crippen LogP contribution >= 0.6 is 11.3 Å². The molecule has 1 aliphatic carbocycles. The Balaban J connectivity index is 2.04. The van der Waals surface area contributed by atoms with E-state index >= 15 is 0 Å². The van der Waals surface area contributed by atoms with Crippen LogP contribution in [0.15, 0.2) is 5.51 Å². The van der Waals surface area contributed by atoms with Crippen LogP contribution in [0.4, 0.5) is 0 Å². The maximum atomic E-state index is 4.04. The van der Waals surface area contributed by atoms with Crippen molar-refractivity contribution in [1.82, 2.24) is 10.2 Å². The number of hydrogen-bond donors (Lipinski definition) is 0. The van der Waals surface area contributed by atoms with E-state index in [1.54, 1.807) is 11.3 Å². The minimum Gasteiger partial charge on any atom is -0.147 e. The summed E-state index contributed by atoms with van der Waals surface area (Å²) >= 11 is 1.69. The Labute approximate surface area is 64.3 Å². The average Bonchev–Trinajstić information content (AvgIpc) is 2.31. The monoisotopic (exact) mass is 154 g/mol. The Morgan fingerprint density at radius 1 is 1.60 bits per heavy atom. The van der Waals surface area contributed by atoms with Gasteiger partial charge in [0.1, 0.15) is 10.5 Å². The molecule has 0 bridgehead atoms. The van der Waals surface area contributed by atoms with Gasteiger partial charge in [0.05, 0.1) is 0 Å². The van der Waals surface area contributed by atoms with Gasteiger partial charge in [0.2, 0.25) is 0 Å². The summed E-state index contributed by atoms with van der Waals surface area (Å²) in [6.07, 6.45) is 2.63. The molecule has 0 N–H and O–H groups in total. The van der Waals surface area contributed by atoms with Gasteiger partial charge in [-0.2, -0.15) is 0 Å². The van der Waals surface area contributed by atoms with Crippen molar-refractivity contribution in [2.45, 2.75) is 25.7 Å². The van der Waals surface area contributed by atoms with Crippen LogP contribution < -0.4 is 0 Å². The summed E-state index contributed by atoms with van der Waals surface area (Å²) in [4.78, 5) is 0. The Kier molecular flexibility index (Phi) is 1.45. The fourth-order valence-electron chi connectivity index (χ4n) is 1.46. The largest absolute Gasteiger partial charge is 0.147 e. The molecule has 0 saturated heterocycles. The van der Waals surface area contributed by atoms with Crippen molar-refractivity contribution in [3.05, 3.63) is 10.5 Å². The predicted octanol–water partition coefficient (Wildman–Crippen LogP) is 2.05. The first kappa shape index (κ1) is 6.28. The Bertz CT molecular complexity index is 201. The molecule has 0 radical (unpaired) electrons. The van der Waals surface area contributed by atoms with Crippen molar-refractivity contribution in [2.75, 3.05) is 0 Å². The van der Waals surface area contributed by atoms with Crippen LogP contribution in [0, 0.1) is 5.92 Å². The lowest BCUT2D eigenvalue weighted by Gasteiger charge is -2.30. The first-order chi connectivity index (χ1) is 4.86. The number of aromatic nitrogens is 2. The maximum Gasteiger partial charge on any atom is 0.120 e. The summed E-state index contributed by atoms with van der Waals surface area (Å²) < 4.78 is 0. The second-order valence-corrected chi connectivity index (χ2v) is 3.92. The molecule has 0 aliphatic heterocycles. The maximum absolute atomic E-state index is 4.04. The van der Waals surface area contributed by atoms with Gasteiger partial charge in [0.25, 0.3) is 0 Å². The zero-order chi connectivity index (χ0) is 6.97. The molecule has 1 aromatic heterocycles. The molecule has 0 amide bonds. The number of hydrogen-bond acceptors (Lipinski definition) is 3. The molecule has 1 heterocycles. The van der Waals surface area contributed by atoms with Gasteiger partial charge in [-0.3, -0.25) is 0 Å². The van der Waals surface area contributed by atoms with E-state index in [4.69, 9.17) is 0 Å². The average molecular weight is 154 g/mol. The molecule has 3 heteroatoms. The second-order valence-electron chi connectivity index (χ2n) is 3.05. The molecule has 0 aromatic carbocycles. The Morgan fingerprint density at radius 3 is 2.90 bits per heavy atom. The highest BCUT2D eigenvalue weighted by Gasteiger charge is 2.28. The zero-order valence-electron chi connectivity index (χ0n) is 5.95. The highest BCUT2D eigenvalue weighted by molar-refractivity contribution is 7.09. The lowest BCUT2D eigenvalue weighted by atomic mass is 9.77. The molecule has 0 atom stereocenters. The molecular formula is C7H10N2S. The van der Waals surface area contributed by atoms with Crippen molar-refractivity contribution >= 4 is 11.3 Å². The van der Waals surface area contributed by atoms with E-state index in [0.717, 1.165) is 11.8 Å².